The maximum Gasteiger partial charge on any atom is 0.123 e. The molecule has 0 saturated heterocycles. The second-order valence-corrected chi connectivity index (χ2v) is 4.89. The summed E-state index contributed by atoms with van der Waals surface area (Å²) in [6.45, 7) is 2.05. The van der Waals surface area contributed by atoms with Crippen LogP contribution in [0, 0.1) is 0 Å². The van der Waals surface area contributed by atoms with Crippen LogP contribution in [0.4, 0.5) is 0 Å². The molecule has 0 aliphatic rings. The Labute approximate surface area is 117 Å². The number of hydrogen-bond acceptors (Lipinski definition) is 3. The predicted molar refractivity (Wildman–Crippen MR) is 78.4 cm³/mol. The molecule has 4 heteroatoms. The first-order valence-corrected chi connectivity index (χ1v) is 6.74. The number of aryl methyl sites for hydroxylation is 2. The molecule has 0 bridgehead atoms. The smallest absolute Gasteiger partial charge is 0.123 e. The van der Waals surface area contributed by atoms with Crippen LogP contribution in [0.25, 0.3) is 10.8 Å². The van der Waals surface area contributed by atoms with Gasteiger partial charge in [-0.1, -0.05) is 31.2 Å². The lowest BCUT2D eigenvalue weighted by Gasteiger charge is -2.13. The van der Waals surface area contributed by atoms with Crippen LogP contribution >= 0.6 is 0 Å². The van der Waals surface area contributed by atoms with Gasteiger partial charge in [-0.15, -0.1) is 0 Å². The average molecular weight is 267 g/mol. The first-order valence-electron chi connectivity index (χ1n) is 6.74. The lowest BCUT2D eigenvalue weighted by Crippen LogP contribution is -2.07. The zero-order valence-corrected chi connectivity index (χ0v) is 11.6. The van der Waals surface area contributed by atoms with E-state index in [4.69, 9.17) is 0 Å². The van der Waals surface area contributed by atoms with Crippen molar-refractivity contribution in [1.82, 2.24) is 14.8 Å². The van der Waals surface area contributed by atoms with Crippen molar-refractivity contribution in [3.63, 3.8) is 0 Å². The van der Waals surface area contributed by atoms with Gasteiger partial charge in [-0.2, -0.15) is 5.10 Å². The van der Waals surface area contributed by atoms with Gasteiger partial charge in [0.05, 0.1) is 11.4 Å². The van der Waals surface area contributed by atoms with E-state index in [-0.39, 0.29) is 0 Å². The van der Waals surface area contributed by atoms with Crippen molar-refractivity contribution in [3.8, 4) is 0 Å². The highest BCUT2D eigenvalue weighted by Gasteiger charge is 2.18. The van der Waals surface area contributed by atoms with Crippen molar-refractivity contribution in [1.29, 1.82) is 0 Å². The highest BCUT2D eigenvalue weighted by atomic mass is 16.3. The highest BCUT2D eigenvalue weighted by molar-refractivity contribution is 5.85. The molecule has 3 aromatic rings. The molecular weight excluding hydrogens is 250 g/mol. The maximum absolute atomic E-state index is 10.7. The third-order valence-corrected chi connectivity index (χ3v) is 3.60. The largest absolute Gasteiger partial charge is 0.382 e. The lowest BCUT2D eigenvalue weighted by molar-refractivity contribution is 0.211. The van der Waals surface area contributed by atoms with Crippen LogP contribution in [0.3, 0.4) is 0 Å². The van der Waals surface area contributed by atoms with E-state index < -0.39 is 6.10 Å². The van der Waals surface area contributed by atoms with Gasteiger partial charge in [0.15, 0.2) is 0 Å². The van der Waals surface area contributed by atoms with Gasteiger partial charge in [-0.25, -0.2) is 0 Å². The highest BCUT2D eigenvalue weighted by Crippen LogP contribution is 2.28. The first-order chi connectivity index (χ1) is 9.70. The van der Waals surface area contributed by atoms with Crippen molar-refractivity contribution in [2.75, 3.05) is 0 Å². The number of fused-ring (bicyclic) bond motifs is 1. The molecule has 1 atom stereocenters. The van der Waals surface area contributed by atoms with E-state index in [9.17, 15) is 5.11 Å². The van der Waals surface area contributed by atoms with Gasteiger partial charge in [-0.3, -0.25) is 9.67 Å². The van der Waals surface area contributed by atoms with Gasteiger partial charge in [0, 0.05) is 30.4 Å². The SMILES string of the molecule is CCc1cc(C(O)c2cncc3ccccc23)n(C)n1. The summed E-state index contributed by atoms with van der Waals surface area (Å²) in [5, 5.41) is 17.1. The minimum absolute atomic E-state index is 0.716. The molecule has 0 aliphatic carbocycles. The van der Waals surface area contributed by atoms with E-state index in [2.05, 4.69) is 17.0 Å². The zero-order valence-electron chi connectivity index (χ0n) is 11.6. The van der Waals surface area contributed by atoms with Crippen molar-refractivity contribution < 1.29 is 5.11 Å². The molecule has 0 radical (unpaired) electrons. The maximum atomic E-state index is 10.7. The molecule has 1 aromatic carbocycles. The van der Waals surface area contributed by atoms with Crippen molar-refractivity contribution >= 4 is 10.8 Å². The van der Waals surface area contributed by atoms with Gasteiger partial charge in [0.25, 0.3) is 0 Å². The van der Waals surface area contributed by atoms with Crippen LogP contribution in [0.2, 0.25) is 0 Å². The van der Waals surface area contributed by atoms with E-state index in [0.29, 0.717) is 0 Å². The van der Waals surface area contributed by atoms with Crippen LogP contribution in [0.5, 0.6) is 0 Å². The number of aromatic nitrogens is 3. The van der Waals surface area contributed by atoms with Gasteiger partial charge in [0.1, 0.15) is 6.10 Å². The normalized spacial score (nSPS) is 12.8. The summed E-state index contributed by atoms with van der Waals surface area (Å²) in [6, 6.07) is 9.90. The van der Waals surface area contributed by atoms with Crippen LogP contribution in [-0.2, 0) is 13.5 Å². The van der Waals surface area contributed by atoms with Gasteiger partial charge >= 0.3 is 0 Å². The van der Waals surface area contributed by atoms with E-state index in [1.165, 1.54) is 0 Å². The van der Waals surface area contributed by atoms with Crippen LogP contribution in [-0.4, -0.2) is 19.9 Å². The molecule has 0 spiro atoms. The average Bonchev–Trinajstić information content (AvgIpc) is 2.87. The molecule has 20 heavy (non-hydrogen) atoms. The Morgan fingerprint density at radius 2 is 2.05 bits per heavy atom. The summed E-state index contributed by atoms with van der Waals surface area (Å²) in [5.41, 5.74) is 2.59. The zero-order chi connectivity index (χ0) is 14.1. The van der Waals surface area contributed by atoms with Crippen LogP contribution < -0.4 is 0 Å². The number of rotatable bonds is 3. The lowest BCUT2D eigenvalue weighted by atomic mass is 10.0. The van der Waals surface area contributed by atoms with E-state index in [0.717, 1.165) is 34.1 Å². The summed E-state index contributed by atoms with van der Waals surface area (Å²) < 4.78 is 1.74. The fourth-order valence-corrected chi connectivity index (χ4v) is 2.49. The number of aliphatic hydroxyl groups excluding tert-OH is 1. The molecule has 1 N–H and O–H groups in total. The molecular formula is C16H17N3O. The third kappa shape index (κ3) is 2.08. The second-order valence-electron chi connectivity index (χ2n) is 4.89. The fraction of sp³-hybridized carbons (Fsp3) is 0.250. The summed E-state index contributed by atoms with van der Waals surface area (Å²) in [6.07, 6.45) is 3.68. The molecule has 2 heterocycles. The Kier molecular flexibility index (Phi) is 3.24. The summed E-state index contributed by atoms with van der Waals surface area (Å²) in [4.78, 5) is 4.23. The third-order valence-electron chi connectivity index (χ3n) is 3.60. The molecule has 102 valence electrons. The summed E-state index contributed by atoms with van der Waals surface area (Å²) in [7, 11) is 1.86. The van der Waals surface area contributed by atoms with Crippen LogP contribution in [0.15, 0.2) is 42.7 Å². The molecule has 2 aromatic heterocycles. The van der Waals surface area contributed by atoms with Gasteiger partial charge in [0.2, 0.25) is 0 Å². The molecule has 0 saturated carbocycles. The van der Waals surface area contributed by atoms with Crippen molar-refractivity contribution in [2.24, 2.45) is 7.05 Å². The predicted octanol–water partition coefficient (Wildman–Crippen LogP) is 2.61. The first kappa shape index (κ1) is 12.8. The number of aliphatic hydroxyl groups is 1. The van der Waals surface area contributed by atoms with Gasteiger partial charge in [-0.05, 0) is 17.9 Å². The molecule has 0 fully saturated rings. The van der Waals surface area contributed by atoms with E-state index in [1.54, 1.807) is 10.9 Å². The summed E-state index contributed by atoms with van der Waals surface area (Å²) in [5.74, 6) is 0. The second kappa shape index (κ2) is 5.06. The Morgan fingerprint density at radius 1 is 1.25 bits per heavy atom. The molecule has 0 amide bonds. The van der Waals surface area contributed by atoms with E-state index >= 15 is 0 Å². The molecule has 0 aliphatic heterocycles. The molecule has 3 rings (SSSR count). The van der Waals surface area contributed by atoms with E-state index in [1.807, 2.05) is 43.6 Å². The number of pyridine rings is 1. The van der Waals surface area contributed by atoms with Crippen molar-refractivity contribution in [3.05, 3.63) is 59.7 Å². The molecule has 4 nitrogen and oxygen atoms in total. The minimum atomic E-state index is -0.716. The monoisotopic (exact) mass is 267 g/mol. The summed E-state index contributed by atoms with van der Waals surface area (Å²) >= 11 is 0. The van der Waals surface area contributed by atoms with Crippen molar-refractivity contribution in [2.45, 2.75) is 19.4 Å². The Hall–Kier alpha value is -2.20. The topological polar surface area (TPSA) is 50.9 Å². The number of benzene rings is 1. The molecule has 1 unspecified atom stereocenters. The number of nitrogens with zero attached hydrogens (tertiary/aromatic N) is 3. The Balaban J connectivity index is 2.12. The Morgan fingerprint density at radius 3 is 2.80 bits per heavy atom. The standard InChI is InChI=1S/C16H17N3O/c1-3-12-8-15(19(2)18-12)16(20)14-10-17-9-11-6-4-5-7-13(11)14/h4-10,16,20H,3H2,1-2H3. The van der Waals surface area contributed by atoms with Crippen LogP contribution in [0.1, 0.15) is 30.0 Å². The minimum Gasteiger partial charge on any atom is -0.382 e. The quantitative estimate of drug-likeness (QED) is 0.793. The number of hydrogen-bond donors (Lipinski definition) is 1. The Bertz CT molecular complexity index is 743. The van der Waals surface area contributed by atoms with Gasteiger partial charge < -0.3 is 5.11 Å². The fourth-order valence-electron chi connectivity index (χ4n) is 2.49.